The Morgan fingerprint density at radius 3 is 2.57 bits per heavy atom. The average molecular weight is 566 g/mol. The zero-order chi connectivity index (χ0) is 24.2. The van der Waals surface area contributed by atoms with Gasteiger partial charge in [0.1, 0.15) is 5.75 Å². The lowest BCUT2D eigenvalue weighted by Crippen LogP contribution is -2.29. The van der Waals surface area contributed by atoms with Gasteiger partial charge in [-0.25, -0.2) is 0 Å². The maximum absolute atomic E-state index is 12.3. The number of hydrogen-bond acceptors (Lipinski definition) is 5. The van der Waals surface area contributed by atoms with Gasteiger partial charge in [0, 0.05) is 32.3 Å². The Hall–Kier alpha value is -3.27. The molecule has 1 aliphatic heterocycles. The Morgan fingerprint density at radius 1 is 1.11 bits per heavy atom. The number of thiophene rings is 1. The van der Waals surface area contributed by atoms with Crippen LogP contribution in [0.15, 0.2) is 94.9 Å². The summed E-state index contributed by atoms with van der Waals surface area (Å²) in [5.41, 5.74) is 2.54. The highest BCUT2D eigenvalue weighted by atomic mass is 79.9. The maximum Gasteiger partial charge on any atom is 0.262 e. The molecule has 2 atom stereocenters. The highest BCUT2D eigenvalue weighted by molar-refractivity contribution is 9.10. The largest absolute Gasteiger partial charge is 0.484 e. The Balaban J connectivity index is 1.34. The van der Waals surface area contributed by atoms with Gasteiger partial charge in [-0.15, -0.1) is 11.3 Å². The van der Waals surface area contributed by atoms with Gasteiger partial charge >= 0.3 is 0 Å². The van der Waals surface area contributed by atoms with E-state index in [4.69, 9.17) is 17.0 Å². The number of benzene rings is 2. The van der Waals surface area contributed by atoms with Crippen molar-refractivity contribution in [2.24, 2.45) is 0 Å². The van der Waals surface area contributed by atoms with E-state index in [1.54, 1.807) is 17.5 Å². The van der Waals surface area contributed by atoms with E-state index in [-0.39, 0.29) is 24.6 Å². The first-order chi connectivity index (χ1) is 17.1. The van der Waals surface area contributed by atoms with Crippen LogP contribution in [0.4, 0.5) is 11.4 Å². The Kier molecular flexibility index (Phi) is 7.08. The van der Waals surface area contributed by atoms with Gasteiger partial charge in [-0.1, -0.05) is 24.3 Å². The van der Waals surface area contributed by atoms with E-state index >= 15 is 0 Å². The normalized spacial score (nSPS) is 17.2. The minimum atomic E-state index is -0.225. The summed E-state index contributed by atoms with van der Waals surface area (Å²) in [6.07, 6.45) is 1.79. The SMILES string of the molecule is O=C(COc1ccccc1)Nc1ccc(N2C(=S)NC(c3ccccn3)C2c2cc(Br)cs2)cc1. The summed E-state index contributed by atoms with van der Waals surface area (Å²) in [7, 11) is 0. The van der Waals surface area contributed by atoms with Crippen molar-refractivity contribution in [3.8, 4) is 5.75 Å². The quantitative estimate of drug-likeness (QED) is 0.264. The summed E-state index contributed by atoms with van der Waals surface area (Å²) < 4.78 is 6.56. The van der Waals surface area contributed by atoms with E-state index in [2.05, 4.69) is 47.9 Å². The van der Waals surface area contributed by atoms with Crippen molar-refractivity contribution in [2.45, 2.75) is 12.1 Å². The van der Waals surface area contributed by atoms with Crippen LogP contribution in [0.5, 0.6) is 5.75 Å². The van der Waals surface area contributed by atoms with Crippen molar-refractivity contribution in [1.29, 1.82) is 0 Å². The van der Waals surface area contributed by atoms with E-state index in [0.29, 0.717) is 16.5 Å². The number of anilines is 2. The highest BCUT2D eigenvalue weighted by Gasteiger charge is 2.41. The number of rotatable bonds is 7. The van der Waals surface area contributed by atoms with E-state index in [9.17, 15) is 4.79 Å². The standard InChI is InChI=1S/C26H21BrN4O2S2/c27-17-14-22(35-16-17)25-24(21-8-4-5-13-28-21)30-26(34)31(25)19-11-9-18(10-12-19)29-23(32)15-33-20-6-2-1-3-7-20/h1-14,16,24-25H,15H2,(H,29,32)(H,30,34). The molecule has 0 bridgehead atoms. The Bertz CT molecular complexity index is 1320. The van der Waals surface area contributed by atoms with Crippen LogP contribution < -0.4 is 20.3 Å². The van der Waals surface area contributed by atoms with Crippen molar-refractivity contribution in [2.75, 3.05) is 16.8 Å². The monoisotopic (exact) mass is 564 g/mol. The number of para-hydroxylation sites is 1. The molecule has 1 fully saturated rings. The maximum atomic E-state index is 12.3. The van der Waals surface area contributed by atoms with Crippen molar-refractivity contribution in [3.05, 3.63) is 105 Å². The molecule has 1 saturated heterocycles. The molecule has 0 spiro atoms. The number of nitrogens with zero attached hydrogens (tertiary/aromatic N) is 2. The van der Waals surface area contributed by atoms with Gasteiger partial charge in [-0.2, -0.15) is 0 Å². The molecule has 2 unspecified atom stereocenters. The summed E-state index contributed by atoms with van der Waals surface area (Å²) in [4.78, 5) is 20.2. The second-order valence-electron chi connectivity index (χ2n) is 7.86. The Morgan fingerprint density at radius 2 is 1.89 bits per heavy atom. The minimum Gasteiger partial charge on any atom is -0.484 e. The second kappa shape index (κ2) is 10.6. The number of thiocarbonyl (C=S) groups is 1. The summed E-state index contributed by atoms with van der Waals surface area (Å²) in [5, 5.41) is 9.03. The fourth-order valence-electron chi connectivity index (χ4n) is 3.97. The van der Waals surface area contributed by atoms with Gasteiger partial charge in [-0.3, -0.25) is 9.78 Å². The molecule has 3 heterocycles. The summed E-state index contributed by atoms with van der Waals surface area (Å²) in [5.74, 6) is 0.429. The molecule has 2 N–H and O–H groups in total. The number of nitrogens with one attached hydrogen (secondary N) is 2. The summed E-state index contributed by atoms with van der Waals surface area (Å²) >= 11 is 11.0. The van der Waals surface area contributed by atoms with Crippen molar-refractivity contribution < 1.29 is 9.53 Å². The molecule has 1 aliphatic rings. The molecule has 0 aliphatic carbocycles. The molecule has 5 rings (SSSR count). The number of aromatic nitrogens is 1. The molecule has 1 amide bonds. The molecule has 2 aromatic heterocycles. The van der Waals surface area contributed by atoms with E-state index < -0.39 is 0 Å². The lowest BCUT2D eigenvalue weighted by molar-refractivity contribution is -0.118. The van der Waals surface area contributed by atoms with Crippen LogP contribution in [-0.2, 0) is 4.79 Å². The van der Waals surface area contributed by atoms with Crippen molar-refractivity contribution in [1.82, 2.24) is 10.3 Å². The fourth-order valence-corrected chi connectivity index (χ4v) is 5.89. The molecule has 4 aromatic rings. The van der Waals surface area contributed by atoms with Crippen molar-refractivity contribution in [3.63, 3.8) is 0 Å². The van der Waals surface area contributed by atoms with Crippen LogP contribution in [0.1, 0.15) is 22.7 Å². The Labute approximate surface area is 221 Å². The van der Waals surface area contributed by atoms with Crippen LogP contribution in [0, 0.1) is 0 Å². The van der Waals surface area contributed by atoms with Crippen molar-refractivity contribution >= 4 is 61.9 Å². The first-order valence-electron chi connectivity index (χ1n) is 10.9. The van der Waals surface area contributed by atoms with E-state index in [0.717, 1.165) is 20.7 Å². The third-order valence-corrected chi connectivity index (χ3v) is 7.60. The van der Waals surface area contributed by atoms with Gasteiger partial charge in [0.25, 0.3) is 5.91 Å². The van der Waals surface area contributed by atoms with E-state index in [1.807, 2.05) is 72.8 Å². The van der Waals surface area contributed by atoms with Gasteiger partial charge in [0.2, 0.25) is 0 Å². The number of hydrogen-bond donors (Lipinski definition) is 2. The fraction of sp³-hybridized carbons (Fsp3) is 0.115. The topological polar surface area (TPSA) is 66.5 Å². The van der Waals surface area contributed by atoms with Gasteiger partial charge in [0.05, 0.1) is 17.8 Å². The molecule has 176 valence electrons. The zero-order valence-corrected chi connectivity index (χ0v) is 21.6. The third-order valence-electron chi connectivity index (χ3n) is 5.52. The smallest absolute Gasteiger partial charge is 0.262 e. The van der Waals surface area contributed by atoms with E-state index in [1.165, 1.54) is 0 Å². The lowest BCUT2D eigenvalue weighted by Gasteiger charge is -2.27. The van der Waals surface area contributed by atoms with Gasteiger partial charge < -0.3 is 20.3 Å². The molecule has 0 radical (unpaired) electrons. The molecule has 9 heteroatoms. The molecule has 0 saturated carbocycles. The number of carbonyl (C=O) groups excluding carboxylic acids is 1. The highest BCUT2D eigenvalue weighted by Crippen LogP contribution is 2.44. The first-order valence-corrected chi connectivity index (χ1v) is 13.0. The molecule has 6 nitrogen and oxygen atoms in total. The summed E-state index contributed by atoms with van der Waals surface area (Å²) in [6, 6.07) is 24.8. The number of amides is 1. The van der Waals surface area contributed by atoms with Crippen LogP contribution in [0.25, 0.3) is 0 Å². The average Bonchev–Trinajstić information content (AvgIpc) is 3.47. The van der Waals surface area contributed by atoms with Crippen LogP contribution in [-0.4, -0.2) is 22.6 Å². The first kappa shape index (κ1) is 23.5. The molecular formula is C26H21BrN4O2S2. The van der Waals surface area contributed by atoms with Gasteiger partial charge in [-0.05, 0) is 82.7 Å². The summed E-state index contributed by atoms with van der Waals surface area (Å²) in [6.45, 7) is -0.0625. The third kappa shape index (κ3) is 5.37. The predicted molar refractivity (Wildman–Crippen MR) is 147 cm³/mol. The van der Waals surface area contributed by atoms with Crippen LogP contribution >= 0.6 is 39.5 Å². The van der Waals surface area contributed by atoms with Crippen LogP contribution in [0.2, 0.25) is 0 Å². The predicted octanol–water partition coefficient (Wildman–Crippen LogP) is 6.10. The number of ether oxygens (including phenoxy) is 1. The number of halogens is 1. The van der Waals surface area contributed by atoms with Gasteiger partial charge in [0.15, 0.2) is 11.7 Å². The zero-order valence-electron chi connectivity index (χ0n) is 18.4. The molecule has 35 heavy (non-hydrogen) atoms. The molecule has 2 aromatic carbocycles. The van der Waals surface area contributed by atoms with Crippen LogP contribution in [0.3, 0.4) is 0 Å². The minimum absolute atomic E-state index is 0.0617. The molecular weight excluding hydrogens is 544 g/mol. The number of pyridine rings is 1. The second-order valence-corrected chi connectivity index (χ2v) is 10.1. The lowest BCUT2D eigenvalue weighted by atomic mass is 10.0. The number of carbonyl (C=O) groups is 1.